The Kier molecular flexibility index (Phi) is 7.60. The summed E-state index contributed by atoms with van der Waals surface area (Å²) in [5.74, 6) is 0.498. The van der Waals surface area contributed by atoms with Crippen molar-refractivity contribution in [3.8, 4) is 0 Å². The van der Waals surface area contributed by atoms with Crippen molar-refractivity contribution in [2.75, 3.05) is 32.7 Å². The smallest absolute Gasteiger partial charge is 0.243 e. The molecule has 0 spiro atoms. The van der Waals surface area contributed by atoms with Crippen LogP contribution in [0.4, 0.5) is 0 Å². The van der Waals surface area contributed by atoms with Crippen molar-refractivity contribution < 1.29 is 13.2 Å². The van der Waals surface area contributed by atoms with Crippen LogP contribution in [0.3, 0.4) is 0 Å². The second-order valence-corrected chi connectivity index (χ2v) is 10.9. The van der Waals surface area contributed by atoms with Crippen molar-refractivity contribution in [3.05, 3.63) is 66.2 Å². The Morgan fingerprint density at radius 1 is 0.906 bits per heavy atom. The van der Waals surface area contributed by atoms with Gasteiger partial charge in [0, 0.05) is 32.7 Å². The first-order valence-corrected chi connectivity index (χ1v) is 13.1. The summed E-state index contributed by atoms with van der Waals surface area (Å²) in [4.78, 5) is 15.5. The van der Waals surface area contributed by atoms with Crippen LogP contribution in [0.5, 0.6) is 0 Å². The van der Waals surface area contributed by atoms with Gasteiger partial charge >= 0.3 is 0 Å². The fourth-order valence-corrected chi connectivity index (χ4v) is 6.23. The Morgan fingerprint density at radius 3 is 2.25 bits per heavy atom. The molecular weight excluding hydrogens is 422 g/mol. The maximum absolute atomic E-state index is 12.8. The van der Waals surface area contributed by atoms with Gasteiger partial charge < -0.3 is 5.32 Å². The van der Waals surface area contributed by atoms with Gasteiger partial charge in [0.05, 0.1) is 10.8 Å². The highest BCUT2D eigenvalue weighted by Crippen LogP contribution is 2.24. The lowest BCUT2D eigenvalue weighted by molar-refractivity contribution is -0.127. The topological polar surface area (TPSA) is 69.7 Å². The third kappa shape index (κ3) is 5.77. The average molecular weight is 456 g/mol. The second-order valence-electron chi connectivity index (χ2n) is 8.97. The minimum atomic E-state index is -3.43. The van der Waals surface area contributed by atoms with Crippen LogP contribution in [-0.2, 0) is 21.4 Å². The Bertz CT molecular complexity index is 974. The molecule has 2 aromatic carbocycles. The highest BCUT2D eigenvalue weighted by Gasteiger charge is 2.30. The number of nitrogens with one attached hydrogen (secondary N) is 1. The molecule has 1 atom stereocenters. The van der Waals surface area contributed by atoms with Gasteiger partial charge in [0.1, 0.15) is 0 Å². The molecule has 2 aliphatic heterocycles. The molecule has 2 aliphatic rings. The quantitative estimate of drug-likeness (QED) is 0.697. The van der Waals surface area contributed by atoms with Gasteiger partial charge in [-0.05, 0) is 55.8 Å². The zero-order valence-electron chi connectivity index (χ0n) is 18.5. The van der Waals surface area contributed by atoms with E-state index in [0.717, 1.165) is 45.3 Å². The van der Waals surface area contributed by atoms with Gasteiger partial charge in [-0.25, -0.2) is 8.42 Å². The summed E-state index contributed by atoms with van der Waals surface area (Å²) in [6.45, 7) is 4.37. The molecule has 1 N–H and O–H groups in total. The highest BCUT2D eigenvalue weighted by molar-refractivity contribution is 7.89. The average Bonchev–Trinajstić information content (AvgIpc) is 2.84. The number of hydrogen-bond acceptors (Lipinski definition) is 4. The number of sulfonamides is 1. The normalized spacial score (nSPS) is 21.3. The maximum atomic E-state index is 12.8. The third-order valence-corrected chi connectivity index (χ3v) is 8.56. The van der Waals surface area contributed by atoms with Gasteiger partial charge in [-0.15, -0.1) is 0 Å². The van der Waals surface area contributed by atoms with E-state index in [1.54, 1.807) is 28.6 Å². The zero-order valence-corrected chi connectivity index (χ0v) is 19.3. The summed E-state index contributed by atoms with van der Waals surface area (Å²) >= 11 is 0. The number of rotatable bonds is 7. The van der Waals surface area contributed by atoms with Crippen molar-refractivity contribution in [2.24, 2.45) is 11.8 Å². The van der Waals surface area contributed by atoms with Gasteiger partial charge in [0.15, 0.2) is 0 Å². The lowest BCUT2D eigenvalue weighted by Gasteiger charge is -2.33. The van der Waals surface area contributed by atoms with E-state index in [9.17, 15) is 13.2 Å². The van der Waals surface area contributed by atoms with E-state index in [-0.39, 0.29) is 11.8 Å². The van der Waals surface area contributed by atoms with Crippen LogP contribution in [0.15, 0.2) is 65.6 Å². The standard InChI is InChI=1S/C25H33N3O3S/c29-25(23-10-7-15-27(20-23)19-22-8-3-1-4-9-22)26-18-21-13-16-28(17-14-21)32(30,31)24-11-5-2-6-12-24/h1-6,8-9,11-12,21,23H,7,10,13-20H2,(H,26,29). The van der Waals surface area contributed by atoms with Crippen molar-refractivity contribution >= 4 is 15.9 Å². The minimum Gasteiger partial charge on any atom is -0.356 e. The van der Waals surface area contributed by atoms with Gasteiger partial charge in [0.25, 0.3) is 0 Å². The SMILES string of the molecule is O=C(NCC1CCN(S(=O)(=O)c2ccccc2)CC1)C1CCCN(Cc2ccccc2)C1. The molecule has 1 unspecified atom stereocenters. The number of amides is 1. The molecule has 1 amide bonds. The van der Waals surface area contributed by atoms with E-state index in [4.69, 9.17) is 0 Å². The molecule has 6 nitrogen and oxygen atoms in total. The summed E-state index contributed by atoms with van der Waals surface area (Å²) in [5.41, 5.74) is 1.28. The number of carbonyl (C=O) groups excluding carboxylic acids is 1. The molecular formula is C25H33N3O3S. The molecule has 0 aliphatic carbocycles. The molecule has 2 fully saturated rings. The molecule has 2 aromatic rings. The highest BCUT2D eigenvalue weighted by atomic mass is 32.2. The minimum absolute atomic E-state index is 0.0333. The maximum Gasteiger partial charge on any atom is 0.243 e. The van der Waals surface area contributed by atoms with E-state index in [1.807, 2.05) is 12.1 Å². The Morgan fingerprint density at radius 2 is 1.56 bits per heavy atom. The third-order valence-electron chi connectivity index (χ3n) is 6.64. The van der Waals surface area contributed by atoms with E-state index in [2.05, 4.69) is 34.5 Å². The van der Waals surface area contributed by atoms with Crippen molar-refractivity contribution in [1.29, 1.82) is 0 Å². The van der Waals surface area contributed by atoms with E-state index >= 15 is 0 Å². The fraction of sp³-hybridized carbons (Fsp3) is 0.480. The molecule has 4 rings (SSSR count). The molecule has 0 saturated carbocycles. The largest absolute Gasteiger partial charge is 0.356 e. The Hall–Kier alpha value is -2.22. The van der Waals surface area contributed by atoms with Gasteiger partial charge in [-0.2, -0.15) is 4.31 Å². The van der Waals surface area contributed by atoms with Gasteiger partial charge in [-0.3, -0.25) is 9.69 Å². The Balaban J connectivity index is 1.22. The summed E-state index contributed by atoms with van der Waals surface area (Å²) in [6.07, 6.45) is 3.53. The molecule has 0 aromatic heterocycles. The van der Waals surface area contributed by atoms with Crippen molar-refractivity contribution in [2.45, 2.75) is 37.1 Å². The number of nitrogens with zero attached hydrogens (tertiary/aromatic N) is 2. The number of benzene rings is 2. The van der Waals surface area contributed by atoms with E-state index < -0.39 is 10.0 Å². The summed E-state index contributed by atoms with van der Waals surface area (Å²) in [5, 5.41) is 3.16. The van der Waals surface area contributed by atoms with Crippen LogP contribution in [0.25, 0.3) is 0 Å². The fourth-order valence-electron chi connectivity index (χ4n) is 4.74. The van der Waals surface area contributed by atoms with Gasteiger partial charge in [-0.1, -0.05) is 48.5 Å². The predicted molar refractivity (Wildman–Crippen MR) is 125 cm³/mol. The molecule has 0 bridgehead atoms. The first-order chi connectivity index (χ1) is 15.5. The van der Waals surface area contributed by atoms with Crippen LogP contribution in [0, 0.1) is 11.8 Å². The molecule has 2 saturated heterocycles. The number of hydrogen-bond donors (Lipinski definition) is 1. The van der Waals surface area contributed by atoms with E-state index in [0.29, 0.717) is 30.4 Å². The van der Waals surface area contributed by atoms with Crippen LogP contribution >= 0.6 is 0 Å². The zero-order chi connectivity index (χ0) is 22.4. The number of carbonyl (C=O) groups is 1. The monoisotopic (exact) mass is 455 g/mol. The van der Waals surface area contributed by atoms with Crippen LogP contribution in [-0.4, -0.2) is 56.3 Å². The van der Waals surface area contributed by atoms with Crippen LogP contribution in [0.1, 0.15) is 31.2 Å². The second kappa shape index (κ2) is 10.6. The number of piperidine rings is 2. The van der Waals surface area contributed by atoms with Crippen LogP contribution in [0.2, 0.25) is 0 Å². The molecule has 7 heteroatoms. The van der Waals surface area contributed by atoms with Crippen LogP contribution < -0.4 is 5.32 Å². The molecule has 2 heterocycles. The first-order valence-electron chi connectivity index (χ1n) is 11.6. The predicted octanol–water partition coefficient (Wildman–Crippen LogP) is 3.12. The summed E-state index contributed by atoms with van der Waals surface area (Å²) in [6, 6.07) is 19.0. The van der Waals surface area contributed by atoms with E-state index in [1.165, 1.54) is 5.56 Å². The Labute approximate surface area is 191 Å². The lowest BCUT2D eigenvalue weighted by Crippen LogP contribution is -2.45. The molecule has 172 valence electrons. The first kappa shape index (κ1) is 23.0. The van der Waals surface area contributed by atoms with Gasteiger partial charge in [0.2, 0.25) is 15.9 Å². The summed E-state index contributed by atoms with van der Waals surface area (Å²) in [7, 11) is -3.43. The molecule has 32 heavy (non-hydrogen) atoms. The van der Waals surface area contributed by atoms with Crippen molar-refractivity contribution in [1.82, 2.24) is 14.5 Å². The summed E-state index contributed by atoms with van der Waals surface area (Å²) < 4.78 is 27.1. The molecule has 0 radical (unpaired) electrons. The number of likely N-dealkylation sites (tertiary alicyclic amines) is 1. The van der Waals surface area contributed by atoms with Crippen molar-refractivity contribution in [3.63, 3.8) is 0 Å². The lowest BCUT2D eigenvalue weighted by atomic mass is 9.95.